The Labute approximate surface area is 165 Å². The number of halogens is 1. The van der Waals surface area contributed by atoms with E-state index in [1.807, 2.05) is 18.0 Å². The van der Waals surface area contributed by atoms with Gasteiger partial charge in [-0.1, -0.05) is 6.92 Å². The smallest absolute Gasteiger partial charge is 0.224 e. The predicted octanol–water partition coefficient (Wildman–Crippen LogP) is 2.38. The van der Waals surface area contributed by atoms with Crippen LogP contribution in [-0.4, -0.2) is 48.4 Å². The van der Waals surface area contributed by atoms with Gasteiger partial charge in [0, 0.05) is 44.2 Å². The third-order valence-corrected chi connectivity index (χ3v) is 4.85. The van der Waals surface area contributed by atoms with Crippen LogP contribution in [-0.2, 0) is 11.3 Å². The first-order valence-electron chi connectivity index (χ1n) is 8.22. The molecule has 136 valence electrons. The van der Waals surface area contributed by atoms with Crippen molar-refractivity contribution < 1.29 is 4.79 Å². The first-order valence-corrected chi connectivity index (χ1v) is 9.03. The Hall–Kier alpha value is -0.900. The third kappa shape index (κ3) is 6.92. The van der Waals surface area contributed by atoms with Crippen LogP contribution in [0.1, 0.15) is 36.1 Å². The number of rotatable bonds is 5. The number of piperidine rings is 1. The minimum atomic E-state index is 0. The number of nitrogens with one attached hydrogen (secondary N) is 2. The fourth-order valence-electron chi connectivity index (χ4n) is 2.72. The van der Waals surface area contributed by atoms with E-state index in [-0.39, 0.29) is 29.9 Å². The number of thiazole rings is 1. The number of aromatic nitrogens is 1. The topological polar surface area (TPSA) is 69.6 Å². The number of carbonyl (C=O) groups excluding carboxylic acids is 1. The third-order valence-electron chi connectivity index (χ3n) is 3.94. The number of hydrogen-bond donors (Lipinski definition) is 2. The molecule has 1 fully saturated rings. The Morgan fingerprint density at radius 1 is 1.50 bits per heavy atom. The van der Waals surface area contributed by atoms with Crippen molar-refractivity contribution in [2.45, 2.75) is 39.7 Å². The highest BCUT2D eigenvalue weighted by Gasteiger charge is 2.20. The summed E-state index contributed by atoms with van der Waals surface area (Å²) in [5, 5.41) is 7.45. The summed E-state index contributed by atoms with van der Waals surface area (Å²) < 4.78 is 0. The van der Waals surface area contributed by atoms with Crippen molar-refractivity contribution in [2.75, 3.05) is 26.7 Å². The maximum Gasteiger partial charge on any atom is 0.224 e. The molecule has 0 aliphatic carbocycles. The fourth-order valence-corrected chi connectivity index (χ4v) is 3.45. The van der Waals surface area contributed by atoms with Crippen molar-refractivity contribution in [1.29, 1.82) is 0 Å². The summed E-state index contributed by atoms with van der Waals surface area (Å²) in [4.78, 5) is 23.9. The molecule has 2 heterocycles. The molecule has 0 spiro atoms. The molecule has 2 N–H and O–H groups in total. The Morgan fingerprint density at radius 2 is 2.29 bits per heavy atom. The van der Waals surface area contributed by atoms with Gasteiger partial charge in [0.25, 0.3) is 0 Å². The number of hydrogen-bond acceptors (Lipinski definition) is 4. The lowest BCUT2D eigenvalue weighted by Gasteiger charge is -2.31. The van der Waals surface area contributed by atoms with Crippen LogP contribution < -0.4 is 10.6 Å². The average Bonchev–Trinajstić information content (AvgIpc) is 2.96. The molecule has 1 aliphatic rings. The summed E-state index contributed by atoms with van der Waals surface area (Å²) in [6.07, 6.45) is 4.73. The van der Waals surface area contributed by atoms with E-state index in [4.69, 9.17) is 0 Å². The molecule has 0 bridgehead atoms. The molecule has 1 aromatic heterocycles. The van der Waals surface area contributed by atoms with Gasteiger partial charge in [0.15, 0.2) is 5.96 Å². The summed E-state index contributed by atoms with van der Waals surface area (Å²) in [5.74, 6) is 1.56. The zero-order valence-corrected chi connectivity index (χ0v) is 17.8. The van der Waals surface area contributed by atoms with Crippen LogP contribution in [0.4, 0.5) is 0 Å². The molecule has 0 radical (unpaired) electrons. The Kier molecular flexibility index (Phi) is 9.57. The zero-order chi connectivity index (χ0) is 16.7. The molecule has 0 aromatic carbocycles. The van der Waals surface area contributed by atoms with Crippen molar-refractivity contribution in [3.63, 3.8) is 0 Å². The fraction of sp³-hybridized carbons (Fsp3) is 0.688. The second kappa shape index (κ2) is 10.9. The molecule has 24 heavy (non-hydrogen) atoms. The van der Waals surface area contributed by atoms with E-state index in [0.29, 0.717) is 31.4 Å². The summed E-state index contributed by atoms with van der Waals surface area (Å²) in [5.41, 5.74) is 0. The summed E-state index contributed by atoms with van der Waals surface area (Å²) in [6.45, 7) is 7.30. The van der Waals surface area contributed by atoms with Gasteiger partial charge in [-0.3, -0.25) is 9.79 Å². The number of nitrogens with zero attached hydrogens (tertiary/aromatic N) is 3. The lowest BCUT2D eigenvalue weighted by Crippen LogP contribution is -2.42. The van der Waals surface area contributed by atoms with E-state index < -0.39 is 0 Å². The molecule has 1 aromatic rings. The number of guanidine groups is 1. The quantitative estimate of drug-likeness (QED) is 0.398. The van der Waals surface area contributed by atoms with Crippen LogP contribution in [0.5, 0.6) is 0 Å². The van der Waals surface area contributed by atoms with Gasteiger partial charge in [-0.25, -0.2) is 4.98 Å². The molecule has 8 heteroatoms. The number of carbonyl (C=O) groups is 1. The van der Waals surface area contributed by atoms with Gasteiger partial charge < -0.3 is 15.5 Å². The van der Waals surface area contributed by atoms with Gasteiger partial charge in [0.05, 0.1) is 6.54 Å². The van der Waals surface area contributed by atoms with Crippen LogP contribution >= 0.6 is 35.3 Å². The predicted molar refractivity (Wildman–Crippen MR) is 110 cm³/mol. The minimum absolute atomic E-state index is 0. The van der Waals surface area contributed by atoms with Crippen molar-refractivity contribution in [3.8, 4) is 0 Å². The van der Waals surface area contributed by atoms with Crippen LogP contribution in [0.3, 0.4) is 0 Å². The van der Waals surface area contributed by atoms with E-state index >= 15 is 0 Å². The van der Waals surface area contributed by atoms with Crippen molar-refractivity contribution in [1.82, 2.24) is 20.5 Å². The number of aryl methyl sites for hydroxylation is 1. The SMILES string of the molecule is CN=C(NCCC(=O)N1CCCC(C)C1)NCc1ncc(C)s1.I. The van der Waals surface area contributed by atoms with Crippen molar-refractivity contribution >= 4 is 47.2 Å². The largest absolute Gasteiger partial charge is 0.356 e. The van der Waals surface area contributed by atoms with Crippen LogP contribution in [0, 0.1) is 12.8 Å². The van der Waals surface area contributed by atoms with Crippen molar-refractivity contribution in [2.24, 2.45) is 10.9 Å². The van der Waals surface area contributed by atoms with E-state index in [1.54, 1.807) is 18.4 Å². The molecular formula is C16H28IN5OS. The zero-order valence-electron chi connectivity index (χ0n) is 14.7. The monoisotopic (exact) mass is 465 g/mol. The molecule has 2 rings (SSSR count). The second-order valence-electron chi connectivity index (χ2n) is 6.05. The lowest BCUT2D eigenvalue weighted by atomic mass is 10.00. The Balaban J connectivity index is 0.00000288. The van der Waals surface area contributed by atoms with Crippen LogP contribution in [0.15, 0.2) is 11.2 Å². The van der Waals surface area contributed by atoms with Gasteiger partial charge in [0.1, 0.15) is 5.01 Å². The summed E-state index contributed by atoms with van der Waals surface area (Å²) >= 11 is 1.67. The molecule has 1 aliphatic heterocycles. The normalized spacial score (nSPS) is 18.0. The molecule has 1 atom stereocenters. The maximum atomic E-state index is 12.2. The lowest BCUT2D eigenvalue weighted by molar-refractivity contribution is -0.132. The van der Waals surface area contributed by atoms with Gasteiger partial charge in [-0.2, -0.15) is 0 Å². The summed E-state index contributed by atoms with van der Waals surface area (Å²) in [6, 6.07) is 0. The highest BCUT2D eigenvalue weighted by Crippen LogP contribution is 2.15. The standard InChI is InChI=1S/C16H27N5OS.HI/c1-12-5-4-8-21(11-12)15(22)6-7-18-16(17-3)20-10-14-19-9-13(2)23-14;/h9,12H,4-8,10-11H2,1-3H3,(H2,17,18,20);1H. The second-order valence-corrected chi connectivity index (χ2v) is 7.37. The van der Waals surface area contributed by atoms with E-state index in [0.717, 1.165) is 24.5 Å². The van der Waals surface area contributed by atoms with E-state index in [2.05, 4.69) is 27.5 Å². The van der Waals surface area contributed by atoms with E-state index in [9.17, 15) is 4.79 Å². The van der Waals surface area contributed by atoms with Crippen LogP contribution in [0.2, 0.25) is 0 Å². The Bertz CT molecular complexity index is 548. The maximum absolute atomic E-state index is 12.2. The molecule has 0 saturated carbocycles. The highest BCUT2D eigenvalue weighted by molar-refractivity contribution is 14.0. The molecule has 1 unspecified atom stereocenters. The summed E-state index contributed by atoms with van der Waals surface area (Å²) in [7, 11) is 1.73. The van der Waals surface area contributed by atoms with Crippen molar-refractivity contribution in [3.05, 3.63) is 16.1 Å². The molecule has 1 amide bonds. The van der Waals surface area contributed by atoms with Crippen LogP contribution in [0.25, 0.3) is 0 Å². The first kappa shape index (κ1) is 21.1. The average molecular weight is 465 g/mol. The van der Waals surface area contributed by atoms with Gasteiger partial charge in [-0.05, 0) is 25.7 Å². The minimum Gasteiger partial charge on any atom is -0.356 e. The number of likely N-dealkylation sites (tertiary alicyclic amines) is 1. The Morgan fingerprint density at radius 3 is 2.92 bits per heavy atom. The van der Waals surface area contributed by atoms with Gasteiger partial charge in [-0.15, -0.1) is 35.3 Å². The first-order chi connectivity index (χ1) is 11.1. The molecule has 6 nitrogen and oxygen atoms in total. The molecular weight excluding hydrogens is 437 g/mol. The number of aliphatic imine (C=N–C) groups is 1. The number of amides is 1. The van der Waals surface area contributed by atoms with Gasteiger partial charge in [0.2, 0.25) is 5.91 Å². The highest BCUT2D eigenvalue weighted by atomic mass is 127. The van der Waals surface area contributed by atoms with Gasteiger partial charge >= 0.3 is 0 Å². The molecule has 1 saturated heterocycles. The van der Waals surface area contributed by atoms with E-state index in [1.165, 1.54) is 11.3 Å².